The number of hydrogen-bond donors (Lipinski definition) is 1. The molecule has 7 heteroatoms. The number of nitrogens with one attached hydrogen (secondary N) is 1. The monoisotopic (exact) mass is 409 g/mol. The van der Waals surface area contributed by atoms with Crippen molar-refractivity contribution < 1.29 is 13.9 Å². The number of carbonyl (C=O) groups excluding carboxylic acids is 1. The topological polar surface area (TPSA) is 54.5 Å². The van der Waals surface area contributed by atoms with Crippen molar-refractivity contribution in [2.75, 3.05) is 18.5 Å². The predicted molar refractivity (Wildman–Crippen MR) is 110 cm³/mol. The number of thiazole rings is 1. The highest BCUT2D eigenvalue weighted by Gasteiger charge is 2.36. The van der Waals surface area contributed by atoms with Crippen LogP contribution in [0.2, 0.25) is 0 Å². The van der Waals surface area contributed by atoms with Crippen molar-refractivity contribution in [1.82, 2.24) is 9.88 Å². The van der Waals surface area contributed by atoms with Crippen LogP contribution < -0.4 is 5.32 Å². The van der Waals surface area contributed by atoms with E-state index < -0.39 is 0 Å². The normalized spacial score (nSPS) is 21.1. The van der Waals surface area contributed by atoms with Crippen molar-refractivity contribution in [3.63, 3.8) is 0 Å². The smallest absolute Gasteiger partial charge is 0.257 e. The van der Waals surface area contributed by atoms with Gasteiger partial charge < -0.3 is 15.0 Å². The second-order valence-electron chi connectivity index (χ2n) is 7.27. The summed E-state index contributed by atoms with van der Waals surface area (Å²) in [5.41, 5.74) is 3.10. The summed E-state index contributed by atoms with van der Waals surface area (Å²) in [6.45, 7) is 1.26. The number of carbonyl (C=O) groups is 1. The molecule has 2 atom stereocenters. The fraction of sp³-hybridized carbons (Fsp3) is 0.273. The molecule has 5 nitrogen and oxygen atoms in total. The lowest BCUT2D eigenvalue weighted by molar-refractivity contribution is 0.0423. The first kappa shape index (κ1) is 18.3. The fourth-order valence-electron chi connectivity index (χ4n) is 3.86. The number of amides is 1. The Balaban J connectivity index is 1.49. The van der Waals surface area contributed by atoms with Gasteiger partial charge in [0.1, 0.15) is 17.0 Å². The first-order chi connectivity index (χ1) is 14.2. The maximum Gasteiger partial charge on any atom is 0.257 e. The number of anilines is 1. The number of rotatable bonds is 4. The summed E-state index contributed by atoms with van der Waals surface area (Å²) in [7, 11) is 0. The van der Waals surface area contributed by atoms with Gasteiger partial charge in [0, 0.05) is 29.8 Å². The van der Waals surface area contributed by atoms with Crippen molar-refractivity contribution >= 4 is 22.9 Å². The number of halogens is 1. The maximum atomic E-state index is 13.3. The summed E-state index contributed by atoms with van der Waals surface area (Å²) >= 11 is 1.49. The van der Waals surface area contributed by atoms with Crippen LogP contribution in [-0.2, 0) is 4.74 Å². The molecule has 1 fully saturated rings. The third-order valence-corrected chi connectivity index (χ3v) is 6.25. The fourth-order valence-corrected chi connectivity index (χ4v) is 4.70. The zero-order valence-electron chi connectivity index (χ0n) is 15.7. The van der Waals surface area contributed by atoms with E-state index in [9.17, 15) is 9.18 Å². The van der Waals surface area contributed by atoms with Crippen LogP contribution in [-0.4, -0.2) is 35.0 Å². The molecule has 0 aliphatic carbocycles. The zero-order valence-corrected chi connectivity index (χ0v) is 16.5. The SMILES string of the molecule is O=C1c2ccccc2N[C@H](c2csc(-c3ccc(F)cc3)n2)N1C[C@H]1CCCO1. The van der Waals surface area contributed by atoms with E-state index in [4.69, 9.17) is 9.72 Å². The van der Waals surface area contributed by atoms with Gasteiger partial charge in [0.2, 0.25) is 0 Å². The number of fused-ring (bicyclic) bond motifs is 1. The molecule has 148 valence electrons. The molecule has 29 heavy (non-hydrogen) atoms. The van der Waals surface area contributed by atoms with Crippen molar-refractivity contribution in [3.8, 4) is 10.6 Å². The minimum atomic E-state index is -0.368. The molecule has 1 aromatic heterocycles. The Morgan fingerprint density at radius 3 is 2.83 bits per heavy atom. The average Bonchev–Trinajstić information content (AvgIpc) is 3.43. The van der Waals surface area contributed by atoms with E-state index in [0.29, 0.717) is 12.1 Å². The van der Waals surface area contributed by atoms with Crippen LogP contribution in [0.5, 0.6) is 0 Å². The van der Waals surface area contributed by atoms with Crippen LogP contribution in [0, 0.1) is 5.82 Å². The van der Waals surface area contributed by atoms with Gasteiger partial charge in [0.15, 0.2) is 0 Å². The van der Waals surface area contributed by atoms with Crippen LogP contribution >= 0.6 is 11.3 Å². The Hall–Kier alpha value is -2.77. The van der Waals surface area contributed by atoms with Gasteiger partial charge in [-0.1, -0.05) is 12.1 Å². The largest absolute Gasteiger partial charge is 0.376 e. The highest BCUT2D eigenvalue weighted by Crippen LogP contribution is 2.36. The molecule has 0 radical (unpaired) electrons. The summed E-state index contributed by atoms with van der Waals surface area (Å²) in [5.74, 6) is -0.291. The number of benzene rings is 2. The van der Waals surface area contributed by atoms with Gasteiger partial charge in [-0.25, -0.2) is 9.37 Å². The molecule has 1 saturated heterocycles. The van der Waals surface area contributed by atoms with Crippen LogP contribution in [0.4, 0.5) is 10.1 Å². The van der Waals surface area contributed by atoms with Crippen LogP contribution in [0.3, 0.4) is 0 Å². The maximum absolute atomic E-state index is 13.3. The Kier molecular flexibility index (Phi) is 4.77. The van der Waals surface area contributed by atoms with Gasteiger partial charge >= 0.3 is 0 Å². The third kappa shape index (κ3) is 3.52. The van der Waals surface area contributed by atoms with Gasteiger partial charge in [0.25, 0.3) is 5.91 Å². The van der Waals surface area contributed by atoms with E-state index in [0.717, 1.165) is 41.4 Å². The number of para-hydroxylation sites is 1. The molecule has 1 N–H and O–H groups in total. The molecular weight excluding hydrogens is 389 g/mol. The van der Waals surface area contributed by atoms with E-state index in [1.165, 1.54) is 23.5 Å². The van der Waals surface area contributed by atoms with Gasteiger partial charge in [0.05, 0.1) is 17.4 Å². The third-order valence-electron chi connectivity index (χ3n) is 5.34. The number of aromatic nitrogens is 1. The van der Waals surface area contributed by atoms with Gasteiger partial charge in [-0.2, -0.15) is 0 Å². The molecule has 5 rings (SSSR count). The predicted octanol–water partition coefficient (Wildman–Crippen LogP) is 4.69. The summed E-state index contributed by atoms with van der Waals surface area (Å²) < 4.78 is 19.0. The van der Waals surface area contributed by atoms with Crippen molar-refractivity contribution in [2.24, 2.45) is 0 Å². The molecule has 3 aromatic rings. The van der Waals surface area contributed by atoms with E-state index in [1.807, 2.05) is 34.5 Å². The first-order valence-electron chi connectivity index (χ1n) is 9.68. The summed E-state index contributed by atoms with van der Waals surface area (Å²) in [6.07, 6.45) is 1.65. The molecule has 3 heterocycles. The minimum Gasteiger partial charge on any atom is -0.376 e. The summed E-state index contributed by atoms with van der Waals surface area (Å²) in [6, 6.07) is 13.8. The molecular formula is C22H20FN3O2S. The highest BCUT2D eigenvalue weighted by atomic mass is 32.1. The Morgan fingerprint density at radius 2 is 2.03 bits per heavy atom. The quantitative estimate of drug-likeness (QED) is 0.679. The van der Waals surface area contributed by atoms with Crippen molar-refractivity contribution in [3.05, 3.63) is 71.0 Å². The lowest BCUT2D eigenvalue weighted by Gasteiger charge is -2.38. The number of nitrogens with zero attached hydrogens (tertiary/aromatic N) is 2. The van der Waals surface area contributed by atoms with Crippen LogP contribution in [0.1, 0.15) is 35.1 Å². The standard InChI is InChI=1S/C22H20FN3O2S/c23-15-9-7-14(8-10-15)21-25-19(13-29-21)20-24-18-6-2-1-5-17(18)22(27)26(20)12-16-4-3-11-28-16/h1-2,5-10,13,16,20,24H,3-4,11-12H2/t16-,20+/m1/s1. The molecule has 2 aliphatic rings. The van der Waals surface area contributed by atoms with E-state index in [2.05, 4.69) is 5.32 Å². The lowest BCUT2D eigenvalue weighted by Crippen LogP contribution is -2.46. The second-order valence-corrected chi connectivity index (χ2v) is 8.13. The molecule has 0 spiro atoms. The molecule has 1 amide bonds. The zero-order chi connectivity index (χ0) is 19.8. The Bertz CT molecular complexity index is 1030. The Labute approximate surface area is 172 Å². The first-order valence-corrected chi connectivity index (χ1v) is 10.6. The average molecular weight is 409 g/mol. The molecule has 0 saturated carbocycles. The molecule has 2 aromatic carbocycles. The number of ether oxygens (including phenoxy) is 1. The highest BCUT2D eigenvalue weighted by molar-refractivity contribution is 7.13. The van der Waals surface area contributed by atoms with Gasteiger partial charge in [-0.15, -0.1) is 11.3 Å². The summed E-state index contributed by atoms with van der Waals surface area (Å²) in [4.78, 5) is 19.9. The minimum absolute atomic E-state index is 0.0174. The number of hydrogen-bond acceptors (Lipinski definition) is 5. The summed E-state index contributed by atoms with van der Waals surface area (Å²) in [5, 5.41) is 6.23. The molecule has 0 unspecified atom stereocenters. The second kappa shape index (κ2) is 7.57. The van der Waals surface area contributed by atoms with Crippen LogP contribution in [0.15, 0.2) is 53.9 Å². The lowest BCUT2D eigenvalue weighted by atomic mass is 10.1. The van der Waals surface area contributed by atoms with Crippen molar-refractivity contribution in [1.29, 1.82) is 0 Å². The van der Waals surface area contributed by atoms with Gasteiger partial charge in [-0.3, -0.25) is 4.79 Å². The van der Waals surface area contributed by atoms with E-state index in [-0.39, 0.29) is 24.0 Å². The van der Waals surface area contributed by atoms with E-state index >= 15 is 0 Å². The van der Waals surface area contributed by atoms with Gasteiger partial charge in [-0.05, 0) is 49.2 Å². The van der Waals surface area contributed by atoms with E-state index in [1.54, 1.807) is 12.1 Å². The molecule has 2 aliphatic heterocycles. The molecule has 0 bridgehead atoms. The van der Waals surface area contributed by atoms with Crippen LogP contribution in [0.25, 0.3) is 10.6 Å². The van der Waals surface area contributed by atoms with Crippen molar-refractivity contribution in [2.45, 2.75) is 25.1 Å². The Morgan fingerprint density at radius 1 is 1.21 bits per heavy atom.